The molecule has 0 saturated carbocycles. The molecule has 3 rings (SSSR count). The van der Waals surface area contributed by atoms with Crippen molar-refractivity contribution >= 4 is 22.7 Å². The lowest BCUT2D eigenvalue weighted by molar-refractivity contribution is 0.672. The van der Waals surface area contributed by atoms with Crippen LogP contribution in [-0.4, -0.2) is 26.1 Å². The molecule has 0 spiro atoms. The summed E-state index contributed by atoms with van der Waals surface area (Å²) in [5, 5.41) is 3.38. The lowest BCUT2D eigenvalue weighted by Crippen LogP contribution is -2.06. The molecule has 0 aliphatic heterocycles. The second-order valence-corrected chi connectivity index (χ2v) is 4.52. The first-order chi connectivity index (χ1) is 9.84. The predicted molar refractivity (Wildman–Crippen MR) is 79.3 cm³/mol. The summed E-state index contributed by atoms with van der Waals surface area (Å²) in [7, 11) is 0. The van der Waals surface area contributed by atoms with Crippen molar-refractivity contribution in [2.45, 2.75) is 13.0 Å². The molecular formula is C14H16N6. The van der Waals surface area contributed by atoms with Gasteiger partial charge in [0, 0.05) is 18.8 Å². The highest BCUT2D eigenvalue weighted by atomic mass is 15.1. The summed E-state index contributed by atoms with van der Waals surface area (Å²) in [6.07, 6.45) is 4.21. The zero-order valence-corrected chi connectivity index (χ0v) is 11.0. The minimum atomic E-state index is 0.427. The van der Waals surface area contributed by atoms with Crippen LogP contribution in [0.3, 0.4) is 0 Å². The Kier molecular flexibility index (Phi) is 3.45. The van der Waals surface area contributed by atoms with Crippen LogP contribution in [0.4, 0.5) is 11.5 Å². The average molecular weight is 268 g/mol. The summed E-state index contributed by atoms with van der Waals surface area (Å²) in [5.41, 5.74) is 8.35. The second-order valence-electron chi connectivity index (χ2n) is 4.52. The molecule has 0 saturated heterocycles. The van der Waals surface area contributed by atoms with Crippen LogP contribution in [0.5, 0.6) is 0 Å². The number of hydrogen-bond donors (Lipinski definition) is 2. The summed E-state index contributed by atoms with van der Waals surface area (Å²) in [6, 6.07) is 10.2. The van der Waals surface area contributed by atoms with Crippen molar-refractivity contribution in [1.82, 2.24) is 19.5 Å². The van der Waals surface area contributed by atoms with Crippen molar-refractivity contribution in [3.8, 4) is 0 Å². The number of para-hydroxylation sites is 1. The zero-order chi connectivity index (χ0) is 13.8. The maximum absolute atomic E-state index is 5.76. The van der Waals surface area contributed by atoms with E-state index in [-0.39, 0.29) is 0 Å². The molecule has 1 aromatic carbocycles. The smallest absolute Gasteiger partial charge is 0.165 e. The number of fused-ring (bicyclic) bond motifs is 1. The normalized spacial score (nSPS) is 10.8. The van der Waals surface area contributed by atoms with Crippen LogP contribution in [0.2, 0.25) is 0 Å². The monoisotopic (exact) mass is 268 g/mol. The highest BCUT2D eigenvalue weighted by molar-refractivity contribution is 5.81. The topological polar surface area (TPSA) is 81.7 Å². The lowest BCUT2D eigenvalue weighted by Gasteiger charge is -2.07. The standard InChI is InChI=1S/C14H16N6/c15-13-12-14(18-9-17-13)20(10-19-12)8-4-7-16-11-5-2-1-3-6-11/h1-3,5-6,9-10,16H,4,7-8H2,(H2,15,17,18). The Morgan fingerprint density at radius 1 is 1.10 bits per heavy atom. The first-order valence-electron chi connectivity index (χ1n) is 6.55. The predicted octanol–water partition coefficient (Wildman–Crippen LogP) is 1.91. The van der Waals surface area contributed by atoms with E-state index in [9.17, 15) is 0 Å². The van der Waals surface area contributed by atoms with Crippen molar-refractivity contribution < 1.29 is 0 Å². The number of nitrogens with two attached hydrogens (primary N) is 1. The Morgan fingerprint density at radius 3 is 2.80 bits per heavy atom. The molecule has 0 amide bonds. The first kappa shape index (κ1) is 12.4. The fourth-order valence-electron chi connectivity index (χ4n) is 2.10. The first-order valence-corrected chi connectivity index (χ1v) is 6.55. The van der Waals surface area contributed by atoms with Crippen LogP contribution in [0.25, 0.3) is 11.2 Å². The van der Waals surface area contributed by atoms with Crippen molar-refractivity contribution in [3.63, 3.8) is 0 Å². The Labute approximate surface area is 116 Å². The Morgan fingerprint density at radius 2 is 1.95 bits per heavy atom. The van der Waals surface area contributed by atoms with Gasteiger partial charge in [0.15, 0.2) is 11.5 Å². The molecule has 102 valence electrons. The molecule has 2 aromatic heterocycles. The van der Waals surface area contributed by atoms with E-state index in [1.165, 1.54) is 6.33 Å². The molecule has 0 unspecified atom stereocenters. The largest absolute Gasteiger partial charge is 0.385 e. The molecule has 0 aliphatic carbocycles. The Hall–Kier alpha value is -2.63. The van der Waals surface area contributed by atoms with Crippen molar-refractivity contribution in [2.75, 3.05) is 17.6 Å². The van der Waals surface area contributed by atoms with E-state index in [0.717, 1.165) is 30.8 Å². The molecule has 3 N–H and O–H groups in total. The Balaban J connectivity index is 1.59. The number of nitrogens with zero attached hydrogens (tertiary/aromatic N) is 4. The van der Waals surface area contributed by atoms with Crippen molar-refractivity contribution in [1.29, 1.82) is 0 Å². The summed E-state index contributed by atoms with van der Waals surface area (Å²) in [4.78, 5) is 12.4. The Bertz CT molecular complexity index is 691. The van der Waals surface area contributed by atoms with E-state index in [1.807, 2.05) is 22.8 Å². The number of rotatable bonds is 5. The molecule has 0 fully saturated rings. The van der Waals surface area contributed by atoms with Gasteiger partial charge in [-0.05, 0) is 18.6 Å². The number of benzene rings is 1. The number of nitrogens with one attached hydrogen (secondary N) is 1. The van der Waals surface area contributed by atoms with E-state index in [2.05, 4.69) is 32.4 Å². The minimum Gasteiger partial charge on any atom is -0.385 e. The number of imidazole rings is 1. The molecular weight excluding hydrogens is 252 g/mol. The van der Waals surface area contributed by atoms with Gasteiger partial charge >= 0.3 is 0 Å². The van der Waals surface area contributed by atoms with Crippen LogP contribution >= 0.6 is 0 Å². The third kappa shape index (κ3) is 2.54. The van der Waals surface area contributed by atoms with Gasteiger partial charge in [-0.3, -0.25) is 0 Å². The van der Waals surface area contributed by atoms with Crippen LogP contribution in [-0.2, 0) is 6.54 Å². The fourth-order valence-corrected chi connectivity index (χ4v) is 2.10. The highest BCUT2D eigenvalue weighted by Gasteiger charge is 2.06. The summed E-state index contributed by atoms with van der Waals surface area (Å²) < 4.78 is 2.00. The number of aromatic nitrogens is 4. The van der Waals surface area contributed by atoms with Gasteiger partial charge < -0.3 is 15.6 Å². The van der Waals surface area contributed by atoms with Crippen LogP contribution < -0.4 is 11.1 Å². The minimum absolute atomic E-state index is 0.427. The molecule has 2 heterocycles. The van der Waals surface area contributed by atoms with Crippen LogP contribution in [0, 0.1) is 0 Å². The van der Waals surface area contributed by atoms with Crippen LogP contribution in [0.1, 0.15) is 6.42 Å². The van der Waals surface area contributed by atoms with E-state index in [0.29, 0.717) is 11.3 Å². The molecule has 3 aromatic rings. The second kappa shape index (κ2) is 5.56. The van der Waals surface area contributed by atoms with E-state index < -0.39 is 0 Å². The van der Waals surface area contributed by atoms with Crippen molar-refractivity contribution in [2.24, 2.45) is 0 Å². The van der Waals surface area contributed by atoms with E-state index >= 15 is 0 Å². The number of aryl methyl sites for hydroxylation is 1. The molecule has 0 radical (unpaired) electrons. The van der Waals surface area contributed by atoms with Gasteiger partial charge in [-0.25, -0.2) is 15.0 Å². The lowest BCUT2D eigenvalue weighted by atomic mass is 10.3. The summed E-state index contributed by atoms with van der Waals surface area (Å²) >= 11 is 0. The number of hydrogen-bond acceptors (Lipinski definition) is 5. The van der Waals surface area contributed by atoms with E-state index in [4.69, 9.17) is 5.73 Å². The molecule has 0 bridgehead atoms. The third-order valence-corrected chi connectivity index (χ3v) is 3.11. The third-order valence-electron chi connectivity index (χ3n) is 3.11. The highest BCUT2D eigenvalue weighted by Crippen LogP contribution is 2.14. The number of anilines is 2. The molecule has 0 atom stereocenters. The van der Waals surface area contributed by atoms with Crippen LogP contribution in [0.15, 0.2) is 43.0 Å². The van der Waals surface area contributed by atoms with Gasteiger partial charge in [0.1, 0.15) is 11.8 Å². The molecule has 0 aliphatic rings. The maximum atomic E-state index is 5.76. The molecule has 20 heavy (non-hydrogen) atoms. The van der Waals surface area contributed by atoms with Gasteiger partial charge in [0.25, 0.3) is 0 Å². The summed E-state index contributed by atoms with van der Waals surface area (Å²) in [6.45, 7) is 1.73. The van der Waals surface area contributed by atoms with E-state index in [1.54, 1.807) is 6.33 Å². The van der Waals surface area contributed by atoms with Gasteiger partial charge in [-0.15, -0.1) is 0 Å². The maximum Gasteiger partial charge on any atom is 0.165 e. The summed E-state index contributed by atoms with van der Waals surface area (Å²) in [5.74, 6) is 0.427. The van der Waals surface area contributed by atoms with Gasteiger partial charge in [0.2, 0.25) is 0 Å². The van der Waals surface area contributed by atoms with Gasteiger partial charge in [0.05, 0.1) is 6.33 Å². The SMILES string of the molecule is Nc1ncnc2c1ncn2CCCNc1ccccc1. The van der Waals surface area contributed by atoms with Crippen molar-refractivity contribution in [3.05, 3.63) is 43.0 Å². The molecule has 6 nitrogen and oxygen atoms in total. The fraction of sp³-hybridized carbons (Fsp3) is 0.214. The van der Waals surface area contributed by atoms with Gasteiger partial charge in [-0.1, -0.05) is 18.2 Å². The number of nitrogen functional groups attached to an aromatic ring is 1. The van der Waals surface area contributed by atoms with Gasteiger partial charge in [-0.2, -0.15) is 0 Å². The quantitative estimate of drug-likeness (QED) is 0.691. The molecule has 6 heteroatoms. The average Bonchev–Trinajstić information content (AvgIpc) is 2.90. The zero-order valence-electron chi connectivity index (χ0n) is 11.0.